The van der Waals surface area contributed by atoms with Crippen molar-refractivity contribution in [2.45, 2.75) is 25.7 Å². The molecule has 20 heavy (non-hydrogen) atoms. The number of anilines is 1. The molecule has 1 saturated carbocycles. The first kappa shape index (κ1) is 14.2. The Morgan fingerprint density at radius 1 is 1.50 bits per heavy atom. The van der Waals surface area contributed by atoms with Crippen molar-refractivity contribution in [3.63, 3.8) is 0 Å². The number of nitrogens with one attached hydrogen (secondary N) is 1. The van der Waals surface area contributed by atoms with Crippen LogP contribution in [0.4, 0.5) is 15.8 Å². The van der Waals surface area contributed by atoms with Gasteiger partial charge in [0.15, 0.2) is 0 Å². The molecule has 0 atom stereocenters. The van der Waals surface area contributed by atoms with E-state index in [1.807, 2.05) is 0 Å². The molecule has 1 amide bonds. The summed E-state index contributed by atoms with van der Waals surface area (Å²) in [5.41, 5.74) is 4.47. The molecule has 0 unspecified atom stereocenters. The van der Waals surface area contributed by atoms with Gasteiger partial charge < -0.3 is 11.1 Å². The normalized spacial score (nSPS) is 14.7. The molecule has 6 nitrogen and oxygen atoms in total. The van der Waals surface area contributed by atoms with Gasteiger partial charge in [-0.05, 0) is 18.4 Å². The van der Waals surface area contributed by atoms with Gasteiger partial charge in [-0.3, -0.25) is 14.9 Å². The standard InChI is InChI=1S/C13H16FN3O3/c14-9-6-10(12(15)11(7-9)17(19)20)13(18)16-5-4-8-2-1-3-8/h6-8H,1-5,15H2,(H,16,18). The third-order valence-electron chi connectivity index (χ3n) is 3.63. The van der Waals surface area contributed by atoms with Gasteiger partial charge in [-0.25, -0.2) is 4.39 Å². The van der Waals surface area contributed by atoms with Crippen LogP contribution in [0.15, 0.2) is 12.1 Å². The highest BCUT2D eigenvalue weighted by atomic mass is 19.1. The number of nitrogen functional groups attached to an aromatic ring is 1. The molecule has 0 aliphatic heterocycles. The van der Waals surface area contributed by atoms with E-state index in [9.17, 15) is 19.3 Å². The predicted molar refractivity (Wildman–Crippen MR) is 71.8 cm³/mol. The van der Waals surface area contributed by atoms with Crippen LogP contribution in [0.3, 0.4) is 0 Å². The number of hydrogen-bond acceptors (Lipinski definition) is 4. The Bertz CT molecular complexity index is 544. The summed E-state index contributed by atoms with van der Waals surface area (Å²) < 4.78 is 13.3. The van der Waals surface area contributed by atoms with Crippen LogP contribution in [0.5, 0.6) is 0 Å². The quantitative estimate of drug-likeness (QED) is 0.491. The van der Waals surface area contributed by atoms with Crippen molar-refractivity contribution in [3.8, 4) is 0 Å². The minimum atomic E-state index is -0.852. The number of hydrogen-bond donors (Lipinski definition) is 2. The van der Waals surface area contributed by atoms with E-state index in [0.717, 1.165) is 12.5 Å². The van der Waals surface area contributed by atoms with Crippen LogP contribution in [0.2, 0.25) is 0 Å². The molecule has 1 aliphatic carbocycles. The number of amides is 1. The summed E-state index contributed by atoms with van der Waals surface area (Å²) in [6.07, 6.45) is 4.43. The van der Waals surface area contributed by atoms with Gasteiger partial charge in [0.05, 0.1) is 16.6 Å². The number of halogens is 1. The van der Waals surface area contributed by atoms with Gasteiger partial charge in [-0.2, -0.15) is 0 Å². The zero-order valence-electron chi connectivity index (χ0n) is 10.9. The van der Waals surface area contributed by atoms with E-state index in [-0.39, 0.29) is 11.3 Å². The van der Waals surface area contributed by atoms with Gasteiger partial charge in [-0.1, -0.05) is 19.3 Å². The molecule has 0 aromatic heterocycles. The summed E-state index contributed by atoms with van der Waals surface area (Å²) in [5, 5.41) is 13.3. The molecular weight excluding hydrogens is 265 g/mol. The molecule has 0 bridgehead atoms. The smallest absolute Gasteiger partial charge is 0.295 e. The maximum atomic E-state index is 13.3. The summed E-state index contributed by atoms with van der Waals surface area (Å²) in [7, 11) is 0. The Balaban J connectivity index is 2.06. The number of carbonyl (C=O) groups is 1. The highest BCUT2D eigenvalue weighted by Gasteiger charge is 2.22. The summed E-state index contributed by atoms with van der Waals surface area (Å²) in [4.78, 5) is 21.8. The van der Waals surface area contributed by atoms with Gasteiger partial charge in [0.2, 0.25) is 0 Å². The van der Waals surface area contributed by atoms with E-state index in [0.29, 0.717) is 18.5 Å². The van der Waals surface area contributed by atoms with Crippen LogP contribution < -0.4 is 11.1 Å². The van der Waals surface area contributed by atoms with Gasteiger partial charge in [0.25, 0.3) is 11.6 Å². The molecule has 7 heteroatoms. The molecular formula is C13H16FN3O3. The Hall–Kier alpha value is -2.18. The monoisotopic (exact) mass is 281 g/mol. The highest BCUT2D eigenvalue weighted by Crippen LogP contribution is 2.29. The number of rotatable bonds is 5. The number of nitro benzene ring substituents is 1. The minimum Gasteiger partial charge on any atom is -0.393 e. The van der Waals surface area contributed by atoms with Crippen molar-refractivity contribution < 1.29 is 14.1 Å². The van der Waals surface area contributed by atoms with Gasteiger partial charge >= 0.3 is 0 Å². The third-order valence-corrected chi connectivity index (χ3v) is 3.63. The predicted octanol–water partition coefficient (Wildman–Crippen LogP) is 2.24. The van der Waals surface area contributed by atoms with Gasteiger partial charge in [0.1, 0.15) is 11.5 Å². The van der Waals surface area contributed by atoms with Crippen molar-refractivity contribution in [2.75, 3.05) is 12.3 Å². The SMILES string of the molecule is Nc1c(C(=O)NCCC2CCC2)cc(F)cc1[N+](=O)[O-]. The fourth-order valence-corrected chi connectivity index (χ4v) is 2.21. The average Bonchev–Trinajstić information content (AvgIpc) is 2.34. The average molecular weight is 281 g/mol. The second-order valence-electron chi connectivity index (χ2n) is 4.98. The summed E-state index contributed by atoms with van der Waals surface area (Å²) in [6.45, 7) is 0.466. The van der Waals surface area contributed by atoms with Crippen molar-refractivity contribution in [3.05, 3.63) is 33.6 Å². The Labute approximate surface area is 115 Å². The lowest BCUT2D eigenvalue weighted by atomic mass is 9.83. The number of benzene rings is 1. The molecule has 3 N–H and O–H groups in total. The minimum absolute atomic E-state index is 0.190. The summed E-state index contributed by atoms with van der Waals surface area (Å²) in [5.74, 6) is -0.797. The molecule has 1 aromatic rings. The Morgan fingerprint density at radius 2 is 2.20 bits per heavy atom. The molecule has 2 rings (SSSR count). The van der Waals surface area contributed by atoms with E-state index >= 15 is 0 Å². The van der Waals surface area contributed by atoms with E-state index in [4.69, 9.17) is 5.73 Å². The first-order chi connectivity index (χ1) is 9.49. The first-order valence-corrected chi connectivity index (χ1v) is 6.50. The molecule has 0 radical (unpaired) electrons. The topological polar surface area (TPSA) is 98.3 Å². The van der Waals surface area contributed by atoms with E-state index < -0.39 is 22.3 Å². The van der Waals surface area contributed by atoms with E-state index in [2.05, 4.69) is 5.32 Å². The number of carbonyl (C=O) groups excluding carboxylic acids is 1. The maximum Gasteiger partial charge on any atom is 0.295 e. The highest BCUT2D eigenvalue weighted by molar-refractivity contribution is 6.01. The van der Waals surface area contributed by atoms with Crippen molar-refractivity contribution >= 4 is 17.3 Å². The second kappa shape index (κ2) is 5.85. The molecule has 1 aromatic carbocycles. The van der Waals surface area contributed by atoms with E-state index in [1.165, 1.54) is 19.3 Å². The van der Waals surface area contributed by atoms with Crippen LogP contribution in [0.25, 0.3) is 0 Å². The Morgan fingerprint density at radius 3 is 2.75 bits per heavy atom. The molecule has 108 valence electrons. The zero-order chi connectivity index (χ0) is 14.7. The molecule has 0 spiro atoms. The van der Waals surface area contributed by atoms with Crippen molar-refractivity contribution in [2.24, 2.45) is 5.92 Å². The number of nitrogens with two attached hydrogens (primary N) is 1. The van der Waals surface area contributed by atoms with Crippen LogP contribution in [0.1, 0.15) is 36.0 Å². The lowest BCUT2D eigenvalue weighted by molar-refractivity contribution is -0.384. The molecule has 1 fully saturated rings. The number of nitro groups is 1. The zero-order valence-corrected chi connectivity index (χ0v) is 10.9. The number of nitrogens with zero attached hydrogens (tertiary/aromatic N) is 1. The van der Waals surface area contributed by atoms with Crippen LogP contribution in [-0.4, -0.2) is 17.4 Å². The van der Waals surface area contributed by atoms with E-state index in [1.54, 1.807) is 0 Å². The lowest BCUT2D eigenvalue weighted by Gasteiger charge is -2.25. The first-order valence-electron chi connectivity index (χ1n) is 6.50. The van der Waals surface area contributed by atoms with Crippen LogP contribution in [0, 0.1) is 21.8 Å². The maximum absolute atomic E-state index is 13.3. The summed E-state index contributed by atoms with van der Waals surface area (Å²) in [6, 6.07) is 1.63. The second-order valence-corrected chi connectivity index (χ2v) is 4.98. The van der Waals surface area contributed by atoms with Gasteiger partial charge in [0, 0.05) is 6.54 Å². The lowest BCUT2D eigenvalue weighted by Crippen LogP contribution is -2.28. The van der Waals surface area contributed by atoms with Crippen molar-refractivity contribution in [1.29, 1.82) is 0 Å². The third kappa shape index (κ3) is 3.04. The van der Waals surface area contributed by atoms with Crippen LogP contribution >= 0.6 is 0 Å². The molecule has 0 heterocycles. The molecule has 0 saturated heterocycles. The van der Waals surface area contributed by atoms with Crippen molar-refractivity contribution in [1.82, 2.24) is 5.32 Å². The fourth-order valence-electron chi connectivity index (χ4n) is 2.21. The van der Waals surface area contributed by atoms with Gasteiger partial charge in [-0.15, -0.1) is 0 Å². The fraction of sp³-hybridized carbons (Fsp3) is 0.462. The van der Waals surface area contributed by atoms with Crippen LogP contribution in [-0.2, 0) is 0 Å². The summed E-state index contributed by atoms with van der Waals surface area (Å²) >= 11 is 0. The molecule has 1 aliphatic rings. The largest absolute Gasteiger partial charge is 0.393 e. The Kier molecular flexibility index (Phi) is 4.16.